The number of rotatable bonds is 10. The first-order valence-corrected chi connectivity index (χ1v) is 14.2. The zero-order valence-electron chi connectivity index (χ0n) is 27.2. The summed E-state index contributed by atoms with van der Waals surface area (Å²) >= 11 is 0. The number of hydrogen-bond donors (Lipinski definition) is 8. The lowest BCUT2D eigenvalue weighted by molar-refractivity contribution is -0.143. The maximum absolute atomic E-state index is 10.4. The van der Waals surface area contributed by atoms with Gasteiger partial charge in [-0.1, -0.05) is 24.3 Å². The number of amides is 4. The molecule has 20 nitrogen and oxygen atoms in total. The number of nitrogens with zero attached hydrogens (tertiary/aromatic N) is 4. The van der Waals surface area contributed by atoms with E-state index in [0.717, 1.165) is 0 Å². The Morgan fingerprint density at radius 1 is 0.365 bits per heavy atom. The third-order valence-corrected chi connectivity index (χ3v) is 4.77. The number of nitrogens with two attached hydrogens (primary N) is 4. The first-order valence-electron chi connectivity index (χ1n) is 14.2. The van der Waals surface area contributed by atoms with E-state index in [1.807, 2.05) is 0 Å². The number of primary amides is 4. The predicted octanol–water partition coefficient (Wildman–Crippen LogP) is 0.594. The van der Waals surface area contributed by atoms with Crippen molar-refractivity contribution in [1.29, 1.82) is 0 Å². The summed E-state index contributed by atoms with van der Waals surface area (Å²) in [6.45, 7) is 0. The van der Waals surface area contributed by atoms with Crippen LogP contribution in [0.25, 0.3) is 0 Å². The Hall–Kier alpha value is -7.64. The molecule has 0 atom stereocenters. The summed E-state index contributed by atoms with van der Waals surface area (Å²) in [4.78, 5) is 94.8. The van der Waals surface area contributed by atoms with Gasteiger partial charge in [-0.15, -0.1) is 0 Å². The summed E-state index contributed by atoms with van der Waals surface area (Å²) in [5.74, 6) is -6.27. The third-order valence-electron chi connectivity index (χ3n) is 4.77. The average molecular weight is 725 g/mol. The average Bonchev–Trinajstić information content (AvgIpc) is 3.12. The minimum absolute atomic E-state index is 0.296. The predicted molar refractivity (Wildman–Crippen MR) is 180 cm³/mol. The van der Waals surface area contributed by atoms with Crippen molar-refractivity contribution in [1.82, 2.24) is 19.9 Å². The molecule has 12 N–H and O–H groups in total. The van der Waals surface area contributed by atoms with Crippen molar-refractivity contribution in [2.24, 2.45) is 22.9 Å². The molecule has 0 saturated heterocycles. The van der Waals surface area contributed by atoms with Crippen LogP contribution in [0.5, 0.6) is 0 Å². The smallest absolute Gasteiger partial charge is 0.303 e. The van der Waals surface area contributed by atoms with Crippen LogP contribution in [0.15, 0.2) is 97.6 Å². The van der Waals surface area contributed by atoms with E-state index in [1.165, 1.54) is 24.8 Å². The third kappa shape index (κ3) is 28.6. The van der Waals surface area contributed by atoms with Gasteiger partial charge in [-0.25, -0.2) is 0 Å². The van der Waals surface area contributed by atoms with Crippen LogP contribution in [-0.2, 0) is 19.2 Å². The maximum atomic E-state index is 10.4. The van der Waals surface area contributed by atoms with Gasteiger partial charge in [-0.05, 0) is 48.5 Å². The number of carboxylic acids is 4. The number of hydrogen-bond acceptors (Lipinski definition) is 12. The molecule has 20 heteroatoms. The molecule has 276 valence electrons. The monoisotopic (exact) mass is 724 g/mol. The Labute approximate surface area is 295 Å². The molecule has 4 heterocycles. The largest absolute Gasteiger partial charge is 0.481 e. The SMILES string of the molecule is NC(=O)c1ccccn1.NC(=O)c1ccccn1.NC(=O)c1ccccn1.NC(=O)c1ccccn1.O=C(O)CCC(=O)O.O=C(O)CCC(=O)O. The van der Waals surface area contributed by atoms with E-state index in [2.05, 4.69) is 19.9 Å². The van der Waals surface area contributed by atoms with Crippen molar-refractivity contribution < 1.29 is 58.8 Å². The van der Waals surface area contributed by atoms with Crippen LogP contribution in [0.4, 0.5) is 0 Å². The van der Waals surface area contributed by atoms with Crippen LogP contribution < -0.4 is 22.9 Å². The molecule has 4 aromatic heterocycles. The second-order valence-electron chi connectivity index (χ2n) is 8.89. The molecule has 0 fully saturated rings. The lowest BCUT2D eigenvalue weighted by Gasteiger charge is -1.88. The zero-order chi connectivity index (χ0) is 39.9. The fourth-order valence-corrected chi connectivity index (χ4v) is 2.46. The van der Waals surface area contributed by atoms with Gasteiger partial charge in [-0.2, -0.15) is 0 Å². The molecule has 0 aliphatic heterocycles. The molecule has 0 radical (unpaired) electrons. The van der Waals surface area contributed by atoms with Gasteiger partial charge in [-0.3, -0.25) is 58.3 Å². The molecule has 0 spiro atoms. The lowest BCUT2D eigenvalue weighted by Crippen LogP contribution is -2.12. The highest BCUT2D eigenvalue weighted by atomic mass is 16.4. The van der Waals surface area contributed by atoms with Gasteiger partial charge in [0.1, 0.15) is 22.8 Å². The van der Waals surface area contributed by atoms with Crippen LogP contribution in [0.1, 0.15) is 67.6 Å². The summed E-state index contributed by atoms with van der Waals surface area (Å²) < 4.78 is 0. The quantitative estimate of drug-likeness (QED) is 0.111. The van der Waals surface area contributed by atoms with Gasteiger partial charge >= 0.3 is 23.9 Å². The molecular formula is C32H36N8O12. The van der Waals surface area contributed by atoms with E-state index in [1.54, 1.807) is 72.8 Å². The van der Waals surface area contributed by atoms with E-state index in [-0.39, 0.29) is 25.7 Å². The van der Waals surface area contributed by atoms with Crippen molar-refractivity contribution in [2.45, 2.75) is 25.7 Å². The first-order chi connectivity index (χ1) is 24.5. The van der Waals surface area contributed by atoms with Crippen molar-refractivity contribution in [3.05, 3.63) is 120 Å². The summed E-state index contributed by atoms with van der Waals surface area (Å²) in [6.07, 6.45) is 4.93. The standard InChI is InChI=1S/4C6H6N2O.2C4H6O4/c4*7-6(9)5-3-1-2-4-8-5;2*5-3(6)1-2-4(7)8/h4*1-4H,(H2,7,9);2*1-2H2,(H,5,6)(H,7,8). The lowest BCUT2D eigenvalue weighted by atomic mass is 10.3. The van der Waals surface area contributed by atoms with Crippen molar-refractivity contribution in [3.63, 3.8) is 0 Å². The molecule has 0 bridgehead atoms. The number of carbonyl (C=O) groups excluding carboxylic acids is 4. The highest BCUT2D eigenvalue weighted by molar-refractivity contribution is 5.91. The highest BCUT2D eigenvalue weighted by Gasteiger charge is 2.01. The van der Waals surface area contributed by atoms with Gasteiger partial charge in [0.25, 0.3) is 23.6 Å². The van der Waals surface area contributed by atoms with Crippen LogP contribution >= 0.6 is 0 Å². The number of aromatic nitrogens is 4. The van der Waals surface area contributed by atoms with Gasteiger partial charge in [0, 0.05) is 24.8 Å². The van der Waals surface area contributed by atoms with Gasteiger partial charge in [0.2, 0.25) is 0 Å². The van der Waals surface area contributed by atoms with E-state index in [0.29, 0.717) is 22.8 Å². The molecule has 52 heavy (non-hydrogen) atoms. The van der Waals surface area contributed by atoms with Crippen LogP contribution in [0.3, 0.4) is 0 Å². The second kappa shape index (κ2) is 28.4. The van der Waals surface area contributed by atoms with Gasteiger partial charge in [0.05, 0.1) is 25.7 Å². The summed E-state index contributed by atoms with van der Waals surface area (Å²) in [6, 6.07) is 20.1. The molecule has 4 rings (SSSR count). The topological polar surface area (TPSA) is 373 Å². The fraction of sp³-hybridized carbons (Fsp3) is 0.125. The van der Waals surface area contributed by atoms with Gasteiger partial charge < -0.3 is 43.4 Å². The molecule has 0 saturated carbocycles. The van der Waals surface area contributed by atoms with E-state index < -0.39 is 47.5 Å². The number of carbonyl (C=O) groups is 8. The fourth-order valence-electron chi connectivity index (χ4n) is 2.46. The van der Waals surface area contributed by atoms with E-state index in [9.17, 15) is 38.4 Å². The Balaban J connectivity index is 0. The molecule has 0 aliphatic carbocycles. The Kier molecular flexibility index (Phi) is 25.4. The molecule has 0 aliphatic rings. The van der Waals surface area contributed by atoms with Gasteiger partial charge in [0.15, 0.2) is 0 Å². The second-order valence-corrected chi connectivity index (χ2v) is 8.89. The Bertz CT molecular complexity index is 1440. The number of aliphatic carboxylic acids is 4. The number of carboxylic acid groups (broad SMARTS) is 4. The molecule has 4 aromatic rings. The minimum atomic E-state index is -1.08. The van der Waals surface area contributed by atoms with Crippen molar-refractivity contribution >= 4 is 47.5 Å². The minimum Gasteiger partial charge on any atom is -0.481 e. The Morgan fingerprint density at radius 3 is 0.615 bits per heavy atom. The molecule has 0 unspecified atom stereocenters. The van der Waals surface area contributed by atoms with E-state index >= 15 is 0 Å². The summed E-state index contributed by atoms with van der Waals surface area (Å²) in [5.41, 5.74) is 20.9. The van der Waals surface area contributed by atoms with Crippen LogP contribution in [0, 0.1) is 0 Å². The molecule has 4 amide bonds. The molecular weight excluding hydrogens is 688 g/mol. The molecule has 0 aromatic carbocycles. The normalized spacial score (nSPS) is 8.77. The van der Waals surface area contributed by atoms with Crippen molar-refractivity contribution in [3.8, 4) is 0 Å². The summed E-state index contributed by atoms with van der Waals surface area (Å²) in [5, 5.41) is 31.6. The van der Waals surface area contributed by atoms with Crippen LogP contribution in [-0.4, -0.2) is 87.9 Å². The Morgan fingerprint density at radius 2 is 0.538 bits per heavy atom. The van der Waals surface area contributed by atoms with Crippen molar-refractivity contribution in [2.75, 3.05) is 0 Å². The van der Waals surface area contributed by atoms with Crippen LogP contribution in [0.2, 0.25) is 0 Å². The maximum Gasteiger partial charge on any atom is 0.303 e. The van der Waals surface area contributed by atoms with E-state index in [4.69, 9.17) is 43.4 Å². The zero-order valence-corrected chi connectivity index (χ0v) is 27.2. The number of pyridine rings is 4. The first kappa shape index (κ1) is 46.5. The summed E-state index contributed by atoms with van der Waals surface area (Å²) in [7, 11) is 0. The highest BCUT2D eigenvalue weighted by Crippen LogP contribution is 1.92.